The molecule has 0 aliphatic heterocycles. The van der Waals surface area contributed by atoms with Crippen molar-refractivity contribution in [2.24, 2.45) is 5.73 Å². The summed E-state index contributed by atoms with van der Waals surface area (Å²) in [7, 11) is 2.14. The van der Waals surface area contributed by atoms with Crippen LogP contribution in [0.2, 0.25) is 0 Å². The van der Waals surface area contributed by atoms with Gasteiger partial charge in [-0.2, -0.15) is 0 Å². The van der Waals surface area contributed by atoms with Gasteiger partial charge in [0.25, 0.3) is 0 Å². The highest BCUT2D eigenvalue weighted by Gasteiger charge is 2.16. The summed E-state index contributed by atoms with van der Waals surface area (Å²) in [6.45, 7) is 4.45. The van der Waals surface area contributed by atoms with Crippen LogP contribution in [-0.4, -0.2) is 18.1 Å². The van der Waals surface area contributed by atoms with Gasteiger partial charge in [0.05, 0.1) is 5.69 Å². The highest BCUT2D eigenvalue weighted by Crippen LogP contribution is 2.25. The average molecular weight is 303 g/mol. The Bertz CT molecular complexity index is 534. The van der Waals surface area contributed by atoms with Crippen LogP contribution in [0.25, 0.3) is 0 Å². The van der Waals surface area contributed by atoms with Crippen molar-refractivity contribution in [3.05, 3.63) is 47.0 Å². The first-order valence-electron chi connectivity index (χ1n) is 7.63. The molecule has 1 atom stereocenters. The predicted molar refractivity (Wildman–Crippen MR) is 92.0 cm³/mol. The Kier molecular flexibility index (Phi) is 5.76. The number of hydrogen-bond donors (Lipinski definition) is 1. The molecule has 0 fully saturated rings. The zero-order valence-corrected chi connectivity index (χ0v) is 13.9. The van der Waals surface area contributed by atoms with Gasteiger partial charge < -0.3 is 10.6 Å². The molecule has 0 aliphatic rings. The van der Waals surface area contributed by atoms with Gasteiger partial charge in [0.2, 0.25) is 0 Å². The molecule has 0 radical (unpaired) electrons. The standard InChI is InChI=1S/C17H25N3S/c1-4-15(5-2)20(3)17-19-14(12-21-17)11-16(18)13-9-7-6-8-10-13/h6-10,12,15-16H,4-5,11,18H2,1-3H3. The second-order valence-corrected chi connectivity index (χ2v) is 6.26. The van der Waals surface area contributed by atoms with E-state index < -0.39 is 0 Å². The maximum absolute atomic E-state index is 6.28. The van der Waals surface area contributed by atoms with E-state index in [2.05, 4.69) is 43.3 Å². The third kappa shape index (κ3) is 4.05. The number of rotatable bonds is 7. The van der Waals surface area contributed by atoms with Gasteiger partial charge in [-0.05, 0) is 18.4 Å². The SMILES string of the molecule is CCC(CC)N(C)c1nc(CC(N)c2ccccc2)cs1. The zero-order chi connectivity index (χ0) is 15.2. The molecule has 3 nitrogen and oxygen atoms in total. The maximum atomic E-state index is 6.28. The summed E-state index contributed by atoms with van der Waals surface area (Å²) in [5.74, 6) is 0. The summed E-state index contributed by atoms with van der Waals surface area (Å²) < 4.78 is 0. The second-order valence-electron chi connectivity index (χ2n) is 5.42. The lowest BCUT2D eigenvalue weighted by molar-refractivity contribution is 0.589. The molecule has 0 spiro atoms. The summed E-state index contributed by atoms with van der Waals surface area (Å²) >= 11 is 1.71. The number of aromatic nitrogens is 1. The molecule has 1 aromatic carbocycles. The number of anilines is 1. The van der Waals surface area contributed by atoms with Crippen LogP contribution >= 0.6 is 11.3 Å². The van der Waals surface area contributed by atoms with Crippen LogP contribution in [0.4, 0.5) is 5.13 Å². The first-order chi connectivity index (χ1) is 10.2. The largest absolute Gasteiger partial charge is 0.348 e. The van der Waals surface area contributed by atoms with Gasteiger partial charge >= 0.3 is 0 Å². The third-order valence-electron chi connectivity index (χ3n) is 3.99. The van der Waals surface area contributed by atoms with Gasteiger partial charge in [-0.1, -0.05) is 44.2 Å². The molecule has 1 unspecified atom stereocenters. The normalized spacial score (nSPS) is 12.6. The van der Waals surface area contributed by atoms with Crippen molar-refractivity contribution in [1.82, 2.24) is 4.98 Å². The van der Waals surface area contributed by atoms with Crippen molar-refractivity contribution in [2.45, 2.75) is 45.2 Å². The lowest BCUT2D eigenvalue weighted by Gasteiger charge is -2.25. The van der Waals surface area contributed by atoms with E-state index in [1.165, 1.54) is 5.56 Å². The Hall–Kier alpha value is -1.39. The van der Waals surface area contributed by atoms with E-state index in [1.807, 2.05) is 18.2 Å². The lowest BCUT2D eigenvalue weighted by Crippen LogP contribution is -2.30. The van der Waals surface area contributed by atoms with Crippen LogP contribution < -0.4 is 10.6 Å². The lowest BCUT2D eigenvalue weighted by atomic mass is 10.0. The first kappa shape index (κ1) is 16.0. The van der Waals surface area contributed by atoms with Crippen molar-refractivity contribution in [3.8, 4) is 0 Å². The fourth-order valence-corrected chi connectivity index (χ4v) is 3.46. The van der Waals surface area contributed by atoms with Crippen molar-refractivity contribution >= 4 is 16.5 Å². The summed E-state index contributed by atoms with van der Waals surface area (Å²) in [6.07, 6.45) is 3.08. The minimum Gasteiger partial charge on any atom is -0.348 e. The van der Waals surface area contributed by atoms with E-state index >= 15 is 0 Å². The number of hydrogen-bond acceptors (Lipinski definition) is 4. The Morgan fingerprint density at radius 1 is 1.19 bits per heavy atom. The molecule has 2 N–H and O–H groups in total. The summed E-state index contributed by atoms with van der Waals surface area (Å²) in [5.41, 5.74) is 8.53. The molecular formula is C17H25N3S. The summed E-state index contributed by atoms with van der Waals surface area (Å²) in [6, 6.07) is 10.8. The van der Waals surface area contributed by atoms with Crippen LogP contribution in [0.1, 0.15) is 44.0 Å². The van der Waals surface area contributed by atoms with Gasteiger partial charge in [0, 0.05) is 30.9 Å². The molecule has 0 bridgehead atoms. The van der Waals surface area contributed by atoms with E-state index in [-0.39, 0.29) is 6.04 Å². The van der Waals surface area contributed by atoms with Gasteiger partial charge in [0.1, 0.15) is 0 Å². The molecule has 1 heterocycles. The molecular weight excluding hydrogens is 278 g/mol. The van der Waals surface area contributed by atoms with E-state index in [0.717, 1.165) is 30.1 Å². The van der Waals surface area contributed by atoms with Crippen LogP contribution in [0.5, 0.6) is 0 Å². The molecule has 1 aromatic heterocycles. The van der Waals surface area contributed by atoms with Crippen LogP contribution in [-0.2, 0) is 6.42 Å². The number of thiazole rings is 1. The minimum absolute atomic E-state index is 0.0135. The molecule has 114 valence electrons. The van der Waals surface area contributed by atoms with E-state index in [9.17, 15) is 0 Å². The number of benzene rings is 1. The van der Waals surface area contributed by atoms with E-state index in [4.69, 9.17) is 10.7 Å². The number of nitrogens with zero attached hydrogens (tertiary/aromatic N) is 2. The Morgan fingerprint density at radius 3 is 2.48 bits per heavy atom. The summed E-state index contributed by atoms with van der Waals surface area (Å²) in [5, 5.41) is 3.23. The molecule has 2 aromatic rings. The smallest absolute Gasteiger partial charge is 0.185 e. The quantitative estimate of drug-likeness (QED) is 0.840. The van der Waals surface area contributed by atoms with Crippen LogP contribution in [0.3, 0.4) is 0 Å². The van der Waals surface area contributed by atoms with Gasteiger partial charge in [-0.3, -0.25) is 0 Å². The summed E-state index contributed by atoms with van der Waals surface area (Å²) in [4.78, 5) is 7.05. The van der Waals surface area contributed by atoms with Gasteiger partial charge in [-0.15, -0.1) is 11.3 Å². The Labute approximate surface area is 131 Å². The predicted octanol–water partition coefficient (Wildman–Crippen LogP) is 4.01. The Morgan fingerprint density at radius 2 is 1.86 bits per heavy atom. The second kappa shape index (κ2) is 7.57. The number of nitrogens with two attached hydrogens (primary N) is 1. The van der Waals surface area contributed by atoms with Gasteiger partial charge in [-0.25, -0.2) is 4.98 Å². The van der Waals surface area contributed by atoms with E-state index in [1.54, 1.807) is 11.3 Å². The molecule has 0 aliphatic carbocycles. The van der Waals surface area contributed by atoms with Crippen LogP contribution in [0, 0.1) is 0 Å². The maximum Gasteiger partial charge on any atom is 0.185 e. The molecule has 4 heteroatoms. The van der Waals surface area contributed by atoms with Crippen molar-refractivity contribution in [1.29, 1.82) is 0 Å². The molecule has 0 amide bonds. The van der Waals surface area contributed by atoms with Crippen molar-refractivity contribution in [2.75, 3.05) is 11.9 Å². The molecule has 21 heavy (non-hydrogen) atoms. The highest BCUT2D eigenvalue weighted by molar-refractivity contribution is 7.13. The fraction of sp³-hybridized carbons (Fsp3) is 0.471. The van der Waals surface area contributed by atoms with E-state index in [0.29, 0.717) is 6.04 Å². The topological polar surface area (TPSA) is 42.2 Å². The highest BCUT2D eigenvalue weighted by atomic mass is 32.1. The van der Waals surface area contributed by atoms with Crippen LogP contribution in [0.15, 0.2) is 35.7 Å². The van der Waals surface area contributed by atoms with Crippen molar-refractivity contribution < 1.29 is 0 Å². The first-order valence-corrected chi connectivity index (χ1v) is 8.51. The molecule has 0 saturated heterocycles. The Balaban J connectivity index is 2.03. The fourth-order valence-electron chi connectivity index (χ4n) is 2.59. The van der Waals surface area contributed by atoms with Crippen molar-refractivity contribution in [3.63, 3.8) is 0 Å². The monoisotopic (exact) mass is 303 g/mol. The van der Waals surface area contributed by atoms with Gasteiger partial charge in [0.15, 0.2) is 5.13 Å². The minimum atomic E-state index is 0.0135. The average Bonchev–Trinajstić information content (AvgIpc) is 2.97. The molecule has 0 saturated carbocycles. The zero-order valence-electron chi connectivity index (χ0n) is 13.1. The third-order valence-corrected chi connectivity index (χ3v) is 4.97. The molecule has 2 rings (SSSR count).